The zero-order valence-electron chi connectivity index (χ0n) is 11.4. The quantitative estimate of drug-likeness (QED) is 0.744. The van der Waals surface area contributed by atoms with Crippen LogP contribution in [0.4, 0.5) is 0 Å². The number of esters is 1. The van der Waals surface area contributed by atoms with E-state index in [4.69, 9.17) is 32.7 Å². The Morgan fingerprint density at radius 1 is 1.14 bits per heavy atom. The lowest BCUT2D eigenvalue weighted by Crippen LogP contribution is -2.08. The van der Waals surface area contributed by atoms with E-state index >= 15 is 0 Å². The summed E-state index contributed by atoms with van der Waals surface area (Å²) in [6.07, 6.45) is 0. The van der Waals surface area contributed by atoms with E-state index in [1.807, 2.05) is 30.3 Å². The van der Waals surface area contributed by atoms with Gasteiger partial charge in [-0.15, -0.1) is 0 Å². The van der Waals surface area contributed by atoms with E-state index in [0.717, 1.165) is 5.56 Å². The molecule has 0 fully saturated rings. The van der Waals surface area contributed by atoms with Crippen LogP contribution in [0.5, 0.6) is 5.75 Å². The maximum absolute atomic E-state index is 12.0. The van der Waals surface area contributed by atoms with Crippen LogP contribution in [0.2, 0.25) is 10.0 Å². The fourth-order valence-corrected chi connectivity index (χ4v) is 2.35. The molecule has 0 bridgehead atoms. The fraction of sp³-hybridized carbons (Fsp3) is 0.188. The second kappa shape index (κ2) is 7.34. The molecule has 2 rings (SSSR count). The highest BCUT2D eigenvalue weighted by Crippen LogP contribution is 2.33. The van der Waals surface area contributed by atoms with Crippen molar-refractivity contribution in [2.24, 2.45) is 0 Å². The number of hydrogen-bond donors (Lipinski definition) is 0. The number of hydrogen-bond acceptors (Lipinski definition) is 3. The zero-order valence-corrected chi connectivity index (χ0v) is 12.9. The van der Waals surface area contributed by atoms with Gasteiger partial charge in [0.05, 0.1) is 11.6 Å². The average Bonchev–Trinajstić information content (AvgIpc) is 2.47. The number of ether oxygens (including phenoxy) is 2. The van der Waals surface area contributed by atoms with Crippen molar-refractivity contribution in [3.63, 3.8) is 0 Å². The third kappa shape index (κ3) is 4.13. The smallest absolute Gasteiger partial charge is 0.342 e. The molecule has 0 amide bonds. The van der Waals surface area contributed by atoms with Gasteiger partial charge in [-0.1, -0.05) is 53.5 Å². The second-order valence-electron chi connectivity index (χ2n) is 4.26. The van der Waals surface area contributed by atoms with Gasteiger partial charge in [-0.2, -0.15) is 0 Å². The SMILES string of the molecule is CCOC(=O)c1cc(Cl)cc(Cl)c1OCc1ccccc1. The molecule has 5 heteroatoms. The molecule has 0 heterocycles. The van der Waals surface area contributed by atoms with Gasteiger partial charge < -0.3 is 9.47 Å². The average molecular weight is 325 g/mol. The van der Waals surface area contributed by atoms with Gasteiger partial charge in [0, 0.05) is 5.02 Å². The van der Waals surface area contributed by atoms with E-state index in [9.17, 15) is 4.79 Å². The summed E-state index contributed by atoms with van der Waals surface area (Å²) < 4.78 is 10.7. The summed E-state index contributed by atoms with van der Waals surface area (Å²) in [5, 5.41) is 0.636. The summed E-state index contributed by atoms with van der Waals surface area (Å²) in [7, 11) is 0. The Labute approximate surface area is 133 Å². The van der Waals surface area contributed by atoms with Crippen LogP contribution in [0.3, 0.4) is 0 Å². The van der Waals surface area contributed by atoms with E-state index in [1.54, 1.807) is 6.92 Å². The van der Waals surface area contributed by atoms with Crippen molar-refractivity contribution in [3.05, 3.63) is 63.6 Å². The highest BCUT2D eigenvalue weighted by Gasteiger charge is 2.18. The Morgan fingerprint density at radius 3 is 2.52 bits per heavy atom. The summed E-state index contributed by atoms with van der Waals surface area (Å²) >= 11 is 12.1. The Hall–Kier alpha value is -1.71. The molecule has 0 saturated carbocycles. The number of rotatable bonds is 5. The Bertz CT molecular complexity index is 627. The first-order chi connectivity index (χ1) is 10.1. The molecule has 0 aliphatic rings. The molecule has 2 aromatic carbocycles. The van der Waals surface area contributed by atoms with E-state index in [1.165, 1.54) is 12.1 Å². The van der Waals surface area contributed by atoms with E-state index in [-0.39, 0.29) is 22.9 Å². The molecular weight excluding hydrogens is 311 g/mol. The minimum absolute atomic E-state index is 0.227. The summed E-state index contributed by atoms with van der Waals surface area (Å²) in [6, 6.07) is 12.6. The third-order valence-electron chi connectivity index (χ3n) is 2.73. The predicted octanol–water partition coefficient (Wildman–Crippen LogP) is 4.75. The van der Waals surface area contributed by atoms with Crippen LogP contribution >= 0.6 is 23.2 Å². The largest absolute Gasteiger partial charge is 0.486 e. The molecule has 110 valence electrons. The summed E-state index contributed by atoms with van der Waals surface area (Å²) in [5.41, 5.74) is 1.20. The predicted molar refractivity (Wildman–Crippen MR) is 83.2 cm³/mol. The molecule has 0 N–H and O–H groups in total. The first kappa shape index (κ1) is 15.7. The van der Waals surface area contributed by atoms with Gasteiger partial charge in [0.25, 0.3) is 0 Å². The summed E-state index contributed by atoms with van der Waals surface area (Å²) in [4.78, 5) is 12.0. The molecule has 0 atom stereocenters. The van der Waals surface area contributed by atoms with E-state index in [0.29, 0.717) is 11.6 Å². The van der Waals surface area contributed by atoms with Crippen molar-refractivity contribution >= 4 is 29.2 Å². The van der Waals surface area contributed by atoms with E-state index < -0.39 is 5.97 Å². The number of carbonyl (C=O) groups is 1. The molecule has 3 nitrogen and oxygen atoms in total. The Balaban J connectivity index is 2.26. The van der Waals surface area contributed by atoms with Crippen molar-refractivity contribution in [1.82, 2.24) is 0 Å². The van der Waals surface area contributed by atoms with E-state index in [2.05, 4.69) is 0 Å². The number of benzene rings is 2. The summed E-state index contributed by atoms with van der Waals surface area (Å²) in [5.74, 6) is -0.228. The zero-order chi connectivity index (χ0) is 15.2. The normalized spacial score (nSPS) is 10.2. The second-order valence-corrected chi connectivity index (χ2v) is 5.10. The van der Waals surface area contributed by atoms with Crippen LogP contribution in [0.1, 0.15) is 22.8 Å². The van der Waals surface area contributed by atoms with Gasteiger partial charge in [-0.3, -0.25) is 0 Å². The van der Waals surface area contributed by atoms with Crippen LogP contribution in [0.25, 0.3) is 0 Å². The van der Waals surface area contributed by atoms with Crippen molar-refractivity contribution in [2.75, 3.05) is 6.61 Å². The fourth-order valence-electron chi connectivity index (χ4n) is 1.80. The molecule has 0 aromatic heterocycles. The van der Waals surface area contributed by atoms with Crippen molar-refractivity contribution < 1.29 is 14.3 Å². The minimum atomic E-state index is -0.509. The molecule has 0 radical (unpaired) electrons. The van der Waals surface area contributed by atoms with Crippen LogP contribution in [-0.2, 0) is 11.3 Å². The third-order valence-corrected chi connectivity index (χ3v) is 3.23. The lowest BCUT2D eigenvalue weighted by molar-refractivity contribution is 0.0521. The maximum atomic E-state index is 12.0. The molecule has 0 unspecified atom stereocenters. The lowest BCUT2D eigenvalue weighted by atomic mass is 10.2. The Morgan fingerprint density at radius 2 is 1.86 bits per heavy atom. The molecule has 0 aliphatic carbocycles. The standard InChI is InChI=1S/C16H14Cl2O3/c1-2-20-16(19)13-8-12(17)9-14(18)15(13)21-10-11-6-4-3-5-7-11/h3-9H,2,10H2,1H3. The minimum Gasteiger partial charge on any atom is -0.486 e. The topological polar surface area (TPSA) is 35.5 Å². The van der Waals surface area contributed by atoms with Gasteiger partial charge in [-0.05, 0) is 24.6 Å². The van der Waals surface area contributed by atoms with Crippen molar-refractivity contribution in [2.45, 2.75) is 13.5 Å². The molecule has 21 heavy (non-hydrogen) atoms. The summed E-state index contributed by atoms with van der Waals surface area (Å²) in [6.45, 7) is 2.30. The molecule has 2 aromatic rings. The molecule has 0 saturated heterocycles. The highest BCUT2D eigenvalue weighted by molar-refractivity contribution is 6.36. The van der Waals surface area contributed by atoms with Crippen LogP contribution < -0.4 is 4.74 Å². The van der Waals surface area contributed by atoms with Gasteiger partial charge in [0.15, 0.2) is 5.75 Å². The number of halogens is 2. The first-order valence-electron chi connectivity index (χ1n) is 6.44. The monoisotopic (exact) mass is 324 g/mol. The van der Waals surface area contributed by atoms with Crippen molar-refractivity contribution in [1.29, 1.82) is 0 Å². The molecule has 0 spiro atoms. The van der Waals surface area contributed by atoms with Crippen LogP contribution in [-0.4, -0.2) is 12.6 Å². The molecule has 0 aliphatic heterocycles. The van der Waals surface area contributed by atoms with Gasteiger partial charge in [-0.25, -0.2) is 4.79 Å². The Kier molecular flexibility index (Phi) is 5.48. The number of carbonyl (C=O) groups excluding carboxylic acids is 1. The lowest BCUT2D eigenvalue weighted by Gasteiger charge is -2.13. The van der Waals surface area contributed by atoms with Gasteiger partial charge in [0.1, 0.15) is 12.2 Å². The van der Waals surface area contributed by atoms with Crippen LogP contribution in [0, 0.1) is 0 Å². The van der Waals surface area contributed by atoms with Gasteiger partial charge in [0.2, 0.25) is 0 Å². The first-order valence-corrected chi connectivity index (χ1v) is 7.20. The maximum Gasteiger partial charge on any atom is 0.342 e. The molecular formula is C16H14Cl2O3. The highest BCUT2D eigenvalue weighted by atomic mass is 35.5. The van der Waals surface area contributed by atoms with Crippen molar-refractivity contribution in [3.8, 4) is 5.75 Å². The van der Waals surface area contributed by atoms with Gasteiger partial charge >= 0.3 is 5.97 Å². The van der Waals surface area contributed by atoms with Crippen LogP contribution in [0.15, 0.2) is 42.5 Å².